The van der Waals surface area contributed by atoms with E-state index in [9.17, 15) is 0 Å². The summed E-state index contributed by atoms with van der Waals surface area (Å²) in [6.07, 6.45) is 9.38. The van der Waals surface area contributed by atoms with Gasteiger partial charge < -0.3 is 0 Å². The van der Waals surface area contributed by atoms with Crippen LogP contribution in [0.5, 0.6) is 0 Å². The molecule has 2 rings (SSSR count). The lowest BCUT2D eigenvalue weighted by atomic mass is 10.0. The molecule has 0 bridgehead atoms. The third-order valence-corrected chi connectivity index (χ3v) is 4.13. The Morgan fingerprint density at radius 2 is 2.38 bits per heavy atom. The largest absolute Gasteiger partial charge is 0.276 e. The molecule has 0 spiro atoms. The number of hydrogen-bond donors (Lipinski definition) is 0. The van der Waals surface area contributed by atoms with Crippen LogP contribution in [0.4, 0.5) is 0 Å². The highest BCUT2D eigenvalue weighted by Crippen LogP contribution is 2.50. The third-order valence-electron chi connectivity index (χ3n) is 2.94. The maximum Gasteiger partial charge on any atom is 0.0521 e. The maximum absolute atomic E-state index is 4.17. The molecule has 13 heavy (non-hydrogen) atoms. The van der Waals surface area contributed by atoms with Gasteiger partial charge in [0.15, 0.2) is 0 Å². The molecule has 1 aliphatic rings. The second-order valence-corrected chi connectivity index (χ2v) is 4.72. The lowest BCUT2D eigenvalue weighted by Gasteiger charge is -2.08. The van der Waals surface area contributed by atoms with Gasteiger partial charge in [-0.1, -0.05) is 15.9 Å². The van der Waals surface area contributed by atoms with Crippen LogP contribution in [0, 0.1) is 5.41 Å². The van der Waals surface area contributed by atoms with Crippen LogP contribution in [0.25, 0.3) is 0 Å². The van der Waals surface area contributed by atoms with E-state index in [1.807, 2.05) is 17.9 Å². The lowest BCUT2D eigenvalue weighted by Crippen LogP contribution is -2.03. The number of rotatable bonds is 4. The molecule has 1 fully saturated rings. The number of aromatic nitrogens is 2. The molecular formula is C10H15BrN2. The van der Waals surface area contributed by atoms with E-state index in [-0.39, 0.29) is 0 Å². The van der Waals surface area contributed by atoms with Crippen LogP contribution in [-0.2, 0) is 13.5 Å². The van der Waals surface area contributed by atoms with E-state index in [0.29, 0.717) is 5.41 Å². The summed E-state index contributed by atoms with van der Waals surface area (Å²) in [4.78, 5) is 0. The Kier molecular flexibility index (Phi) is 2.45. The smallest absolute Gasteiger partial charge is 0.0521 e. The Morgan fingerprint density at radius 3 is 2.85 bits per heavy atom. The van der Waals surface area contributed by atoms with Gasteiger partial charge in [0.1, 0.15) is 0 Å². The molecule has 72 valence electrons. The standard InChI is InChI=1S/C10H15BrN2/c1-13-7-9(6-12-13)2-3-10(8-11)4-5-10/h6-7H,2-5,8H2,1H3. The van der Waals surface area contributed by atoms with Crippen LogP contribution in [0.3, 0.4) is 0 Å². The van der Waals surface area contributed by atoms with Crippen molar-refractivity contribution in [1.82, 2.24) is 9.78 Å². The van der Waals surface area contributed by atoms with Crippen LogP contribution < -0.4 is 0 Å². The topological polar surface area (TPSA) is 17.8 Å². The van der Waals surface area contributed by atoms with Crippen molar-refractivity contribution < 1.29 is 0 Å². The summed E-state index contributed by atoms with van der Waals surface area (Å²) in [7, 11) is 1.97. The van der Waals surface area contributed by atoms with Crippen molar-refractivity contribution in [2.75, 3.05) is 5.33 Å². The summed E-state index contributed by atoms with van der Waals surface area (Å²) in [6, 6.07) is 0. The fraction of sp³-hybridized carbons (Fsp3) is 0.700. The van der Waals surface area contributed by atoms with Crippen molar-refractivity contribution in [3.63, 3.8) is 0 Å². The first-order valence-corrected chi connectivity index (χ1v) is 5.90. The zero-order valence-corrected chi connectivity index (χ0v) is 9.55. The Balaban J connectivity index is 1.86. The predicted molar refractivity (Wildman–Crippen MR) is 57.0 cm³/mol. The number of hydrogen-bond acceptors (Lipinski definition) is 1. The van der Waals surface area contributed by atoms with Gasteiger partial charge in [-0.05, 0) is 36.7 Å². The van der Waals surface area contributed by atoms with Crippen molar-refractivity contribution in [2.45, 2.75) is 25.7 Å². The molecule has 0 amide bonds. The number of aryl methyl sites for hydroxylation is 2. The minimum atomic E-state index is 0.635. The molecule has 2 nitrogen and oxygen atoms in total. The Bertz CT molecular complexity index is 289. The molecule has 0 N–H and O–H groups in total. The molecule has 0 aromatic carbocycles. The fourth-order valence-corrected chi connectivity index (χ4v) is 2.48. The molecule has 0 saturated heterocycles. The molecule has 0 radical (unpaired) electrons. The molecule has 1 aromatic rings. The molecule has 1 heterocycles. The Hall–Kier alpha value is -0.310. The summed E-state index contributed by atoms with van der Waals surface area (Å²) >= 11 is 3.59. The van der Waals surface area contributed by atoms with Crippen molar-refractivity contribution >= 4 is 15.9 Å². The molecule has 1 aromatic heterocycles. The van der Waals surface area contributed by atoms with Gasteiger partial charge in [0.2, 0.25) is 0 Å². The second-order valence-electron chi connectivity index (χ2n) is 4.16. The van der Waals surface area contributed by atoms with E-state index >= 15 is 0 Å². The van der Waals surface area contributed by atoms with Crippen molar-refractivity contribution in [1.29, 1.82) is 0 Å². The van der Waals surface area contributed by atoms with Gasteiger partial charge in [-0.15, -0.1) is 0 Å². The minimum Gasteiger partial charge on any atom is -0.276 e. The van der Waals surface area contributed by atoms with Crippen LogP contribution in [0.15, 0.2) is 12.4 Å². The second kappa shape index (κ2) is 3.45. The van der Waals surface area contributed by atoms with E-state index in [4.69, 9.17) is 0 Å². The monoisotopic (exact) mass is 242 g/mol. The highest BCUT2D eigenvalue weighted by molar-refractivity contribution is 9.09. The average Bonchev–Trinajstić information content (AvgIpc) is 2.81. The van der Waals surface area contributed by atoms with Gasteiger partial charge in [0, 0.05) is 18.6 Å². The van der Waals surface area contributed by atoms with Crippen LogP contribution in [0.1, 0.15) is 24.8 Å². The fourth-order valence-electron chi connectivity index (χ4n) is 1.64. The van der Waals surface area contributed by atoms with E-state index in [0.717, 1.165) is 0 Å². The van der Waals surface area contributed by atoms with Gasteiger partial charge in [0.05, 0.1) is 6.20 Å². The number of halogens is 1. The molecule has 0 aliphatic heterocycles. The molecular weight excluding hydrogens is 228 g/mol. The minimum absolute atomic E-state index is 0.635. The zero-order chi connectivity index (χ0) is 9.31. The van der Waals surface area contributed by atoms with E-state index < -0.39 is 0 Å². The number of nitrogens with zero attached hydrogens (tertiary/aromatic N) is 2. The lowest BCUT2D eigenvalue weighted by molar-refractivity contribution is 0.532. The molecule has 1 saturated carbocycles. The van der Waals surface area contributed by atoms with Crippen molar-refractivity contribution in [2.24, 2.45) is 12.5 Å². The summed E-state index contributed by atoms with van der Waals surface area (Å²) in [5.41, 5.74) is 2.00. The van der Waals surface area contributed by atoms with Crippen LogP contribution >= 0.6 is 15.9 Å². The highest BCUT2D eigenvalue weighted by atomic mass is 79.9. The van der Waals surface area contributed by atoms with Crippen molar-refractivity contribution in [3.05, 3.63) is 18.0 Å². The van der Waals surface area contributed by atoms with E-state index in [1.54, 1.807) is 0 Å². The summed E-state index contributed by atoms with van der Waals surface area (Å²) in [5, 5.41) is 5.34. The van der Waals surface area contributed by atoms with Gasteiger partial charge >= 0.3 is 0 Å². The maximum atomic E-state index is 4.17. The normalized spacial score (nSPS) is 18.9. The molecule has 0 unspecified atom stereocenters. The van der Waals surface area contributed by atoms with Crippen LogP contribution in [-0.4, -0.2) is 15.1 Å². The average molecular weight is 243 g/mol. The van der Waals surface area contributed by atoms with Gasteiger partial charge in [-0.2, -0.15) is 5.10 Å². The first kappa shape index (κ1) is 9.25. The van der Waals surface area contributed by atoms with Crippen LogP contribution in [0.2, 0.25) is 0 Å². The van der Waals surface area contributed by atoms with Crippen molar-refractivity contribution in [3.8, 4) is 0 Å². The highest BCUT2D eigenvalue weighted by Gasteiger charge is 2.40. The molecule has 3 heteroatoms. The van der Waals surface area contributed by atoms with Gasteiger partial charge in [-0.3, -0.25) is 4.68 Å². The third kappa shape index (κ3) is 2.13. The Morgan fingerprint density at radius 1 is 1.62 bits per heavy atom. The van der Waals surface area contributed by atoms with Gasteiger partial charge in [0.25, 0.3) is 0 Å². The summed E-state index contributed by atoms with van der Waals surface area (Å²) in [6.45, 7) is 0. The zero-order valence-electron chi connectivity index (χ0n) is 7.96. The first-order chi connectivity index (χ1) is 6.24. The quantitative estimate of drug-likeness (QED) is 0.743. The molecule has 0 atom stereocenters. The summed E-state index contributed by atoms with van der Waals surface area (Å²) in [5.74, 6) is 0. The molecule has 1 aliphatic carbocycles. The SMILES string of the molecule is Cn1cc(CCC2(CBr)CC2)cn1. The van der Waals surface area contributed by atoms with Gasteiger partial charge in [-0.25, -0.2) is 0 Å². The predicted octanol–water partition coefficient (Wildman–Crippen LogP) is 2.53. The summed E-state index contributed by atoms with van der Waals surface area (Å²) < 4.78 is 1.88. The first-order valence-electron chi connectivity index (χ1n) is 4.78. The Labute approximate surface area is 87.5 Å². The number of alkyl halides is 1. The van der Waals surface area contributed by atoms with E-state index in [1.165, 1.54) is 36.6 Å². The van der Waals surface area contributed by atoms with E-state index in [2.05, 4.69) is 27.2 Å².